The molecule has 102 valence electrons. The van der Waals surface area contributed by atoms with Crippen molar-refractivity contribution in [3.05, 3.63) is 28.8 Å². The Morgan fingerprint density at radius 2 is 1.89 bits per heavy atom. The van der Waals surface area contributed by atoms with Gasteiger partial charge in [-0.05, 0) is 57.6 Å². The average molecular weight is 250 g/mol. The van der Waals surface area contributed by atoms with Crippen molar-refractivity contribution in [2.45, 2.75) is 26.7 Å². The molecule has 0 aliphatic rings. The summed E-state index contributed by atoms with van der Waals surface area (Å²) >= 11 is 0. The summed E-state index contributed by atoms with van der Waals surface area (Å²) in [6.45, 7) is 8.60. The summed E-state index contributed by atoms with van der Waals surface area (Å²) < 4.78 is 5.63. The van der Waals surface area contributed by atoms with E-state index >= 15 is 0 Å². The molecular formula is C15H26N2O. The van der Waals surface area contributed by atoms with Crippen molar-refractivity contribution in [1.29, 1.82) is 0 Å². The van der Waals surface area contributed by atoms with Gasteiger partial charge in [-0.25, -0.2) is 0 Å². The molecule has 0 fully saturated rings. The molecule has 0 aliphatic carbocycles. The highest BCUT2D eigenvalue weighted by molar-refractivity contribution is 5.43. The SMILES string of the molecule is CCOc1cc(C)c(C(CN)CN(C)C)cc1C. The molecule has 2 N–H and O–H groups in total. The number of likely N-dealkylation sites (N-methyl/N-ethyl adjacent to an activating group) is 1. The number of aryl methyl sites for hydroxylation is 2. The second-order valence-electron chi connectivity index (χ2n) is 5.10. The Hall–Kier alpha value is -1.06. The smallest absolute Gasteiger partial charge is 0.122 e. The average Bonchev–Trinajstić information content (AvgIpc) is 2.30. The topological polar surface area (TPSA) is 38.5 Å². The second-order valence-corrected chi connectivity index (χ2v) is 5.10. The van der Waals surface area contributed by atoms with E-state index in [1.807, 2.05) is 6.92 Å². The molecular weight excluding hydrogens is 224 g/mol. The predicted octanol–water partition coefficient (Wildman–Crippen LogP) is 2.31. The minimum Gasteiger partial charge on any atom is -0.494 e. The van der Waals surface area contributed by atoms with Crippen molar-refractivity contribution in [2.24, 2.45) is 5.73 Å². The van der Waals surface area contributed by atoms with E-state index in [2.05, 4.69) is 45.0 Å². The molecule has 1 unspecified atom stereocenters. The van der Waals surface area contributed by atoms with Crippen molar-refractivity contribution in [3.8, 4) is 5.75 Å². The first-order chi connectivity index (χ1) is 8.49. The Bertz CT molecular complexity index is 388. The molecule has 0 amide bonds. The molecule has 3 nitrogen and oxygen atoms in total. The molecule has 0 radical (unpaired) electrons. The van der Waals surface area contributed by atoms with Gasteiger partial charge in [0.1, 0.15) is 5.75 Å². The quantitative estimate of drug-likeness (QED) is 0.842. The number of rotatable bonds is 6. The number of benzene rings is 1. The molecule has 0 saturated heterocycles. The summed E-state index contributed by atoms with van der Waals surface area (Å²) in [4.78, 5) is 2.18. The third-order valence-corrected chi connectivity index (χ3v) is 3.17. The van der Waals surface area contributed by atoms with Gasteiger partial charge in [0.25, 0.3) is 0 Å². The summed E-state index contributed by atoms with van der Waals surface area (Å²) in [7, 11) is 4.17. The van der Waals surface area contributed by atoms with Gasteiger partial charge in [0.05, 0.1) is 6.61 Å². The van der Waals surface area contributed by atoms with Crippen molar-refractivity contribution in [2.75, 3.05) is 33.8 Å². The highest BCUT2D eigenvalue weighted by Gasteiger charge is 2.15. The third-order valence-electron chi connectivity index (χ3n) is 3.17. The van der Waals surface area contributed by atoms with Gasteiger partial charge in [0.2, 0.25) is 0 Å². The van der Waals surface area contributed by atoms with Crippen LogP contribution in [0.3, 0.4) is 0 Å². The first-order valence-corrected chi connectivity index (χ1v) is 6.58. The zero-order valence-electron chi connectivity index (χ0n) is 12.3. The Morgan fingerprint density at radius 3 is 2.39 bits per heavy atom. The van der Waals surface area contributed by atoms with Gasteiger partial charge >= 0.3 is 0 Å². The standard InChI is InChI=1S/C15H26N2O/c1-6-18-15-8-11(2)14(7-12(15)3)13(9-16)10-17(4)5/h7-8,13H,6,9-10,16H2,1-5H3. The van der Waals surface area contributed by atoms with Crippen LogP contribution >= 0.6 is 0 Å². The Balaban J connectivity index is 3.04. The maximum atomic E-state index is 5.91. The van der Waals surface area contributed by atoms with Crippen molar-refractivity contribution in [3.63, 3.8) is 0 Å². The molecule has 0 spiro atoms. The lowest BCUT2D eigenvalue weighted by molar-refractivity contribution is 0.337. The molecule has 1 atom stereocenters. The maximum Gasteiger partial charge on any atom is 0.122 e. The largest absolute Gasteiger partial charge is 0.494 e. The Labute approximate surface area is 111 Å². The van der Waals surface area contributed by atoms with Gasteiger partial charge in [-0.1, -0.05) is 6.07 Å². The molecule has 3 heteroatoms. The van der Waals surface area contributed by atoms with Gasteiger partial charge in [0.15, 0.2) is 0 Å². The fourth-order valence-corrected chi connectivity index (χ4v) is 2.30. The van der Waals surface area contributed by atoms with E-state index in [1.165, 1.54) is 16.7 Å². The van der Waals surface area contributed by atoms with Crippen molar-refractivity contribution in [1.82, 2.24) is 4.90 Å². The van der Waals surface area contributed by atoms with Crippen LogP contribution in [-0.2, 0) is 0 Å². The van der Waals surface area contributed by atoms with Gasteiger partial charge in [-0.3, -0.25) is 0 Å². The normalized spacial score (nSPS) is 12.8. The molecule has 0 bridgehead atoms. The fourth-order valence-electron chi connectivity index (χ4n) is 2.30. The minimum atomic E-state index is 0.384. The molecule has 0 aromatic heterocycles. The zero-order chi connectivity index (χ0) is 13.7. The number of nitrogens with two attached hydrogens (primary N) is 1. The first kappa shape index (κ1) is 15.0. The second kappa shape index (κ2) is 6.76. The Kier molecular flexibility index (Phi) is 5.63. The number of nitrogens with zero attached hydrogens (tertiary/aromatic N) is 1. The van der Waals surface area contributed by atoms with Crippen LogP contribution in [0.5, 0.6) is 5.75 Å². The van der Waals surface area contributed by atoms with Gasteiger partial charge in [0, 0.05) is 19.0 Å². The highest BCUT2D eigenvalue weighted by Crippen LogP contribution is 2.27. The van der Waals surface area contributed by atoms with E-state index in [9.17, 15) is 0 Å². The van der Waals surface area contributed by atoms with Crippen LogP contribution < -0.4 is 10.5 Å². The predicted molar refractivity (Wildman–Crippen MR) is 77.4 cm³/mol. The molecule has 0 heterocycles. The van der Waals surface area contributed by atoms with E-state index in [-0.39, 0.29) is 0 Å². The van der Waals surface area contributed by atoms with Crippen LogP contribution in [0, 0.1) is 13.8 Å². The van der Waals surface area contributed by atoms with Crippen molar-refractivity contribution >= 4 is 0 Å². The molecule has 1 aromatic carbocycles. The lowest BCUT2D eigenvalue weighted by Gasteiger charge is -2.23. The van der Waals surface area contributed by atoms with E-state index in [4.69, 9.17) is 10.5 Å². The monoisotopic (exact) mass is 250 g/mol. The van der Waals surface area contributed by atoms with E-state index in [1.54, 1.807) is 0 Å². The van der Waals surface area contributed by atoms with Gasteiger partial charge < -0.3 is 15.4 Å². The van der Waals surface area contributed by atoms with E-state index in [0.29, 0.717) is 19.1 Å². The summed E-state index contributed by atoms with van der Waals surface area (Å²) in [5.41, 5.74) is 9.71. The van der Waals surface area contributed by atoms with Gasteiger partial charge in [-0.15, -0.1) is 0 Å². The van der Waals surface area contributed by atoms with E-state index in [0.717, 1.165) is 12.3 Å². The number of ether oxygens (including phenoxy) is 1. The van der Waals surface area contributed by atoms with Crippen LogP contribution in [-0.4, -0.2) is 38.7 Å². The molecule has 0 saturated carbocycles. The summed E-state index contributed by atoms with van der Waals surface area (Å²) in [5.74, 6) is 1.37. The third kappa shape index (κ3) is 3.72. The first-order valence-electron chi connectivity index (χ1n) is 6.58. The summed E-state index contributed by atoms with van der Waals surface area (Å²) in [5, 5.41) is 0. The van der Waals surface area contributed by atoms with Crippen LogP contribution in [0.15, 0.2) is 12.1 Å². The lowest BCUT2D eigenvalue weighted by atomic mass is 9.92. The fraction of sp³-hybridized carbons (Fsp3) is 0.600. The zero-order valence-corrected chi connectivity index (χ0v) is 12.3. The highest BCUT2D eigenvalue weighted by atomic mass is 16.5. The van der Waals surface area contributed by atoms with Crippen LogP contribution in [0.2, 0.25) is 0 Å². The van der Waals surface area contributed by atoms with Crippen LogP contribution in [0.1, 0.15) is 29.5 Å². The molecule has 18 heavy (non-hydrogen) atoms. The number of hydrogen-bond donors (Lipinski definition) is 1. The molecule has 0 aliphatic heterocycles. The molecule has 1 aromatic rings. The minimum absolute atomic E-state index is 0.384. The van der Waals surface area contributed by atoms with Crippen LogP contribution in [0.4, 0.5) is 0 Å². The van der Waals surface area contributed by atoms with E-state index < -0.39 is 0 Å². The van der Waals surface area contributed by atoms with Gasteiger partial charge in [-0.2, -0.15) is 0 Å². The maximum absolute atomic E-state index is 5.91. The Morgan fingerprint density at radius 1 is 1.22 bits per heavy atom. The summed E-state index contributed by atoms with van der Waals surface area (Å²) in [6.07, 6.45) is 0. The number of hydrogen-bond acceptors (Lipinski definition) is 3. The van der Waals surface area contributed by atoms with Crippen molar-refractivity contribution < 1.29 is 4.74 Å². The lowest BCUT2D eigenvalue weighted by Crippen LogP contribution is -2.26. The molecule has 1 rings (SSSR count). The van der Waals surface area contributed by atoms with Crippen LogP contribution in [0.25, 0.3) is 0 Å². The summed E-state index contributed by atoms with van der Waals surface area (Å²) in [6, 6.07) is 4.36.